The molecule has 19 heteroatoms. The zero-order chi connectivity index (χ0) is 36.7. The predicted molar refractivity (Wildman–Crippen MR) is 129 cm³/mol. The number of benzene rings is 1. The van der Waals surface area contributed by atoms with E-state index < -0.39 is 59.1 Å². The number of hydrogen-bond acceptors (Lipinski definition) is 0. The number of unbranched alkanes of at least 4 members (excludes halogenated alkanes) is 2. The van der Waals surface area contributed by atoms with Crippen LogP contribution in [0, 0.1) is 11.8 Å². The third-order valence-corrected chi connectivity index (χ3v) is 8.46. The topological polar surface area (TPSA) is 0 Å². The van der Waals surface area contributed by atoms with Crippen molar-refractivity contribution < 1.29 is 83.4 Å². The summed E-state index contributed by atoms with van der Waals surface area (Å²) in [6.45, 7) is 2.06. The number of hydrogen-bond donors (Lipinski definition) is 0. The van der Waals surface area contributed by atoms with Crippen LogP contribution in [0.4, 0.5) is 83.4 Å². The van der Waals surface area contributed by atoms with E-state index in [4.69, 9.17) is 0 Å². The van der Waals surface area contributed by atoms with Gasteiger partial charge in [-0.2, -0.15) is 83.4 Å². The summed E-state index contributed by atoms with van der Waals surface area (Å²) < 4.78 is 258. The monoisotopic (exact) mass is 726 g/mol. The minimum atomic E-state index is -8.92. The molecule has 0 N–H and O–H groups in total. The smallest absolute Gasteiger partial charge is 0.194 e. The molecule has 0 radical (unpaired) electrons. The molecule has 0 bridgehead atoms. The molecule has 0 aromatic heterocycles. The number of rotatable bonds is 15. The van der Waals surface area contributed by atoms with Crippen LogP contribution in [0.15, 0.2) is 24.3 Å². The highest BCUT2D eigenvalue weighted by Gasteiger charge is 2.96. The summed E-state index contributed by atoms with van der Waals surface area (Å²) in [5, 5.41) is 0. The summed E-state index contributed by atoms with van der Waals surface area (Å²) in [6, 6.07) is 1.31. The van der Waals surface area contributed by atoms with Crippen LogP contribution < -0.4 is 0 Å². The first-order valence-corrected chi connectivity index (χ1v) is 14.2. The number of halogens is 19. The molecule has 0 atom stereocenters. The molecule has 1 aromatic rings. The molecule has 1 aromatic carbocycles. The molecule has 1 aliphatic carbocycles. The molecule has 1 aliphatic rings. The van der Waals surface area contributed by atoms with Gasteiger partial charge in [-0.15, -0.1) is 0 Å². The quantitative estimate of drug-likeness (QED) is 0.125. The van der Waals surface area contributed by atoms with Crippen molar-refractivity contribution in [3.05, 3.63) is 35.4 Å². The highest BCUT2D eigenvalue weighted by molar-refractivity contribution is 5.30. The van der Waals surface area contributed by atoms with Crippen molar-refractivity contribution >= 4 is 0 Å². The van der Waals surface area contributed by atoms with Gasteiger partial charge in [-0.05, 0) is 30.2 Å². The number of aryl methyl sites for hydroxylation is 1. The van der Waals surface area contributed by atoms with Crippen molar-refractivity contribution in [1.29, 1.82) is 0 Å². The summed E-state index contributed by atoms with van der Waals surface area (Å²) in [4.78, 5) is 0. The van der Waals surface area contributed by atoms with Gasteiger partial charge in [0.15, 0.2) is 0 Å². The average Bonchev–Trinajstić information content (AvgIpc) is 2.95. The standard InChI is InChI=1S/C28H29F19/c1-2-3-4-5-16-6-8-17(9-7-16)10-11-18-12-14-19(15-13-18)20(29,30)21(31,32)22(33,34)23(35,36)24(37,38)25(39,40)26(41,42)27(43,44)28(45,46)47/h12-17H,2-11H2,1H3. The van der Waals surface area contributed by atoms with Gasteiger partial charge in [0, 0.05) is 5.56 Å². The van der Waals surface area contributed by atoms with Crippen molar-refractivity contribution in [2.75, 3.05) is 0 Å². The van der Waals surface area contributed by atoms with E-state index in [0.717, 1.165) is 51.4 Å². The zero-order valence-electron chi connectivity index (χ0n) is 24.2. The molecule has 1 fully saturated rings. The van der Waals surface area contributed by atoms with Gasteiger partial charge >= 0.3 is 53.6 Å². The lowest BCUT2D eigenvalue weighted by Gasteiger charge is -2.43. The fraction of sp³-hybridized carbons (Fsp3) is 0.786. The lowest BCUT2D eigenvalue weighted by molar-refractivity contribution is -0.469. The Balaban J connectivity index is 2.29. The minimum Gasteiger partial charge on any atom is -0.194 e. The molecule has 0 spiro atoms. The SMILES string of the molecule is CCCCCC1CCC(CCc2ccc(C(F)(F)C(F)(F)C(F)(F)C(F)(F)C(F)(F)C(F)(F)C(F)(F)C(F)(F)C(F)(F)F)cc2)CC1. The largest absolute Gasteiger partial charge is 0.460 e. The maximum Gasteiger partial charge on any atom is 0.460 e. The van der Waals surface area contributed by atoms with Gasteiger partial charge in [-0.3, -0.25) is 0 Å². The summed E-state index contributed by atoms with van der Waals surface area (Å²) in [5.74, 6) is -65.9. The first-order valence-electron chi connectivity index (χ1n) is 14.2. The van der Waals surface area contributed by atoms with Gasteiger partial charge in [0.05, 0.1) is 0 Å². The second-order valence-corrected chi connectivity index (χ2v) is 11.7. The van der Waals surface area contributed by atoms with Crippen molar-refractivity contribution in [1.82, 2.24) is 0 Å². The number of alkyl halides is 19. The van der Waals surface area contributed by atoms with Crippen molar-refractivity contribution in [3.8, 4) is 0 Å². The second kappa shape index (κ2) is 13.3. The van der Waals surface area contributed by atoms with Crippen molar-refractivity contribution in [2.24, 2.45) is 11.8 Å². The van der Waals surface area contributed by atoms with E-state index in [1.165, 1.54) is 0 Å². The Bertz CT molecular complexity index is 1160. The average molecular weight is 727 g/mol. The van der Waals surface area contributed by atoms with Gasteiger partial charge in [0.2, 0.25) is 0 Å². The summed E-state index contributed by atoms with van der Waals surface area (Å²) >= 11 is 0. The molecule has 0 saturated heterocycles. The zero-order valence-corrected chi connectivity index (χ0v) is 24.2. The highest BCUT2D eigenvalue weighted by Crippen LogP contribution is 2.66. The Labute approximate surface area is 256 Å². The molecular formula is C28H29F19. The van der Waals surface area contributed by atoms with Crippen LogP contribution in [0.2, 0.25) is 0 Å². The van der Waals surface area contributed by atoms with Crippen LogP contribution in [-0.4, -0.2) is 47.6 Å². The summed E-state index contributed by atoms with van der Waals surface area (Å²) in [7, 11) is 0. The van der Waals surface area contributed by atoms with Gasteiger partial charge in [-0.25, -0.2) is 0 Å². The van der Waals surface area contributed by atoms with Crippen LogP contribution in [0.1, 0.15) is 75.8 Å². The van der Waals surface area contributed by atoms with E-state index in [0.29, 0.717) is 24.5 Å². The van der Waals surface area contributed by atoms with E-state index >= 15 is 0 Å². The maximum absolute atomic E-state index is 14.6. The van der Waals surface area contributed by atoms with Crippen LogP contribution >= 0.6 is 0 Å². The molecule has 1 saturated carbocycles. The Morgan fingerprint density at radius 3 is 1.21 bits per heavy atom. The third-order valence-electron chi connectivity index (χ3n) is 8.46. The van der Waals surface area contributed by atoms with E-state index in [1.54, 1.807) is 0 Å². The van der Waals surface area contributed by atoms with Gasteiger partial charge in [-0.1, -0.05) is 82.6 Å². The van der Waals surface area contributed by atoms with E-state index in [2.05, 4.69) is 6.92 Å². The molecule has 274 valence electrons. The first-order chi connectivity index (χ1) is 21.0. The molecule has 2 rings (SSSR count). The Hall–Kier alpha value is -2.11. The molecule has 0 unspecified atom stereocenters. The normalized spacial score (nSPS) is 20.1. The minimum absolute atomic E-state index is 0.00706. The Kier molecular flexibility index (Phi) is 11.6. The van der Waals surface area contributed by atoms with Crippen LogP contribution in [0.5, 0.6) is 0 Å². The van der Waals surface area contributed by atoms with Crippen LogP contribution in [0.3, 0.4) is 0 Å². The van der Waals surface area contributed by atoms with Crippen molar-refractivity contribution in [2.45, 2.75) is 125 Å². The highest BCUT2D eigenvalue weighted by atomic mass is 19.4. The molecule has 0 aliphatic heterocycles. The van der Waals surface area contributed by atoms with Crippen molar-refractivity contribution in [3.63, 3.8) is 0 Å². The maximum atomic E-state index is 14.6. The van der Waals surface area contributed by atoms with Crippen LogP contribution in [-0.2, 0) is 12.3 Å². The Morgan fingerprint density at radius 1 is 0.468 bits per heavy atom. The van der Waals surface area contributed by atoms with Gasteiger partial charge in [0.25, 0.3) is 0 Å². The van der Waals surface area contributed by atoms with Crippen LogP contribution in [0.25, 0.3) is 0 Å². The second-order valence-electron chi connectivity index (χ2n) is 11.7. The Morgan fingerprint density at radius 2 is 0.830 bits per heavy atom. The third kappa shape index (κ3) is 6.87. The lowest BCUT2D eigenvalue weighted by Crippen LogP contribution is -2.75. The van der Waals surface area contributed by atoms with Gasteiger partial charge in [0.1, 0.15) is 0 Å². The van der Waals surface area contributed by atoms with E-state index in [-0.39, 0.29) is 30.0 Å². The molecule has 0 amide bonds. The lowest BCUT2D eigenvalue weighted by atomic mass is 9.77. The van der Waals surface area contributed by atoms with E-state index in [1.807, 2.05) is 0 Å². The molecule has 47 heavy (non-hydrogen) atoms. The van der Waals surface area contributed by atoms with E-state index in [9.17, 15) is 83.4 Å². The fourth-order valence-electron chi connectivity index (χ4n) is 5.29. The fourth-order valence-corrected chi connectivity index (χ4v) is 5.29. The predicted octanol–water partition coefficient (Wildman–Crippen LogP) is 12.1. The molecule has 0 heterocycles. The summed E-state index contributed by atoms with van der Waals surface area (Å²) in [5.41, 5.74) is -2.12. The molecular weight excluding hydrogens is 697 g/mol. The summed E-state index contributed by atoms with van der Waals surface area (Å²) in [6.07, 6.45) is 0.516. The molecule has 0 nitrogen and oxygen atoms in total. The van der Waals surface area contributed by atoms with Gasteiger partial charge < -0.3 is 0 Å². The first kappa shape index (κ1) is 41.1.